The minimum absolute atomic E-state index is 0.330. The molecule has 0 bridgehead atoms. The van der Waals surface area contributed by atoms with Crippen LogP contribution in [-0.4, -0.2) is 64.7 Å². The van der Waals surface area contributed by atoms with Crippen molar-refractivity contribution in [1.82, 2.24) is 10.2 Å². The molecule has 1 aliphatic rings. The molecule has 1 saturated heterocycles. The maximum atomic E-state index is 11.9. The molecule has 0 radical (unpaired) electrons. The van der Waals surface area contributed by atoms with Gasteiger partial charge in [-0.25, -0.2) is 4.79 Å². The van der Waals surface area contributed by atoms with Gasteiger partial charge in [-0.05, 0) is 12.8 Å². The molecule has 0 aromatic heterocycles. The van der Waals surface area contributed by atoms with Crippen LogP contribution in [0.3, 0.4) is 0 Å². The summed E-state index contributed by atoms with van der Waals surface area (Å²) in [6, 6.07) is -0.330. The van der Waals surface area contributed by atoms with Crippen molar-refractivity contribution in [3.8, 4) is 0 Å². The second-order valence-electron chi connectivity index (χ2n) is 4.59. The minimum Gasteiger partial charge on any atom is -0.394 e. The molecule has 0 aliphatic carbocycles. The van der Waals surface area contributed by atoms with Crippen LogP contribution in [0.15, 0.2) is 0 Å². The molecule has 0 atom stereocenters. The van der Waals surface area contributed by atoms with Gasteiger partial charge in [-0.2, -0.15) is 0 Å². The Morgan fingerprint density at radius 2 is 1.47 bits per heavy atom. The lowest BCUT2D eigenvalue weighted by molar-refractivity contribution is 0.0450. The summed E-state index contributed by atoms with van der Waals surface area (Å²) in [5, 5.41) is 29.9. The van der Waals surface area contributed by atoms with E-state index < -0.39 is 25.4 Å². The highest BCUT2D eigenvalue weighted by molar-refractivity contribution is 5.75. The largest absolute Gasteiger partial charge is 0.394 e. The van der Waals surface area contributed by atoms with Crippen molar-refractivity contribution >= 4 is 6.03 Å². The number of amides is 2. The molecule has 100 valence electrons. The van der Waals surface area contributed by atoms with Crippen LogP contribution in [0.5, 0.6) is 0 Å². The van der Waals surface area contributed by atoms with Gasteiger partial charge in [0.25, 0.3) is 0 Å². The van der Waals surface area contributed by atoms with Crippen LogP contribution in [-0.2, 0) is 0 Å². The number of aliphatic hydroxyl groups is 3. The number of hydrogen-bond acceptors (Lipinski definition) is 4. The van der Waals surface area contributed by atoms with Gasteiger partial charge in [-0.3, -0.25) is 0 Å². The van der Waals surface area contributed by atoms with E-state index in [9.17, 15) is 4.79 Å². The van der Waals surface area contributed by atoms with E-state index in [2.05, 4.69) is 5.32 Å². The first kappa shape index (κ1) is 14.2. The highest BCUT2D eigenvalue weighted by atomic mass is 16.3. The lowest BCUT2D eigenvalue weighted by Crippen LogP contribution is -2.60. The zero-order valence-electron chi connectivity index (χ0n) is 10.1. The normalized spacial score (nSPS) is 17.7. The van der Waals surface area contributed by atoms with E-state index in [-0.39, 0.29) is 6.03 Å². The third-order valence-electron chi connectivity index (χ3n) is 3.17. The summed E-state index contributed by atoms with van der Waals surface area (Å²) >= 11 is 0. The number of rotatable bonds is 4. The summed E-state index contributed by atoms with van der Waals surface area (Å²) in [5.74, 6) is 0. The number of carbonyl (C=O) groups is 1. The standard InChI is InChI=1S/C11H22N2O4/c14-7-11(8-15,9-16)12-10(17)13-5-3-1-2-4-6-13/h14-16H,1-9H2,(H,12,17). The molecule has 6 heteroatoms. The molecule has 0 aromatic rings. The Labute approximate surface area is 101 Å². The molecule has 0 unspecified atom stereocenters. The van der Waals surface area contributed by atoms with Crippen LogP contribution in [0.4, 0.5) is 4.79 Å². The number of hydrogen-bond donors (Lipinski definition) is 4. The monoisotopic (exact) mass is 246 g/mol. The maximum Gasteiger partial charge on any atom is 0.318 e. The van der Waals surface area contributed by atoms with Crippen molar-refractivity contribution in [3.63, 3.8) is 0 Å². The van der Waals surface area contributed by atoms with Gasteiger partial charge in [-0.15, -0.1) is 0 Å². The Bertz CT molecular complexity index is 227. The fraction of sp³-hybridized carbons (Fsp3) is 0.909. The van der Waals surface area contributed by atoms with Gasteiger partial charge in [0.05, 0.1) is 19.8 Å². The van der Waals surface area contributed by atoms with Gasteiger partial charge < -0.3 is 25.5 Å². The van der Waals surface area contributed by atoms with E-state index in [4.69, 9.17) is 15.3 Å². The van der Waals surface area contributed by atoms with E-state index >= 15 is 0 Å². The second-order valence-corrected chi connectivity index (χ2v) is 4.59. The van der Waals surface area contributed by atoms with E-state index in [1.165, 1.54) is 0 Å². The van der Waals surface area contributed by atoms with Crippen LogP contribution >= 0.6 is 0 Å². The van der Waals surface area contributed by atoms with Crippen molar-refractivity contribution in [2.45, 2.75) is 31.2 Å². The van der Waals surface area contributed by atoms with Gasteiger partial charge in [0.1, 0.15) is 5.54 Å². The molecule has 1 fully saturated rings. The summed E-state index contributed by atoms with van der Waals surface area (Å²) in [4.78, 5) is 13.6. The van der Waals surface area contributed by atoms with Crippen LogP contribution in [0.25, 0.3) is 0 Å². The molecule has 1 heterocycles. The molecule has 0 saturated carbocycles. The molecular formula is C11H22N2O4. The number of carbonyl (C=O) groups excluding carboxylic acids is 1. The molecule has 1 rings (SSSR count). The fourth-order valence-electron chi connectivity index (χ4n) is 1.85. The Morgan fingerprint density at radius 3 is 1.88 bits per heavy atom. The third-order valence-corrected chi connectivity index (χ3v) is 3.17. The Kier molecular flexibility index (Phi) is 5.67. The molecule has 1 aliphatic heterocycles. The number of nitrogens with zero attached hydrogens (tertiary/aromatic N) is 1. The summed E-state index contributed by atoms with van der Waals surface area (Å²) in [7, 11) is 0. The molecule has 4 N–H and O–H groups in total. The maximum absolute atomic E-state index is 11.9. The predicted molar refractivity (Wildman–Crippen MR) is 62.6 cm³/mol. The van der Waals surface area contributed by atoms with Crippen LogP contribution in [0.2, 0.25) is 0 Å². The highest BCUT2D eigenvalue weighted by Crippen LogP contribution is 2.11. The second kappa shape index (κ2) is 6.78. The Balaban J connectivity index is 2.56. The van der Waals surface area contributed by atoms with Crippen molar-refractivity contribution in [2.75, 3.05) is 32.9 Å². The number of aliphatic hydroxyl groups excluding tert-OH is 3. The molecular weight excluding hydrogens is 224 g/mol. The van der Waals surface area contributed by atoms with Crippen molar-refractivity contribution < 1.29 is 20.1 Å². The van der Waals surface area contributed by atoms with Crippen molar-refractivity contribution in [1.29, 1.82) is 0 Å². The van der Waals surface area contributed by atoms with Crippen molar-refractivity contribution in [2.24, 2.45) is 0 Å². The minimum atomic E-state index is -1.33. The smallest absolute Gasteiger partial charge is 0.318 e. The van der Waals surface area contributed by atoms with Crippen LogP contribution in [0, 0.1) is 0 Å². The Hall–Kier alpha value is -0.850. The van der Waals surface area contributed by atoms with Gasteiger partial charge in [-0.1, -0.05) is 12.8 Å². The van der Waals surface area contributed by atoms with Gasteiger partial charge >= 0.3 is 6.03 Å². The summed E-state index contributed by atoms with van der Waals surface area (Å²) in [5.41, 5.74) is -1.33. The SMILES string of the molecule is O=C(NC(CO)(CO)CO)N1CCCCCC1. The molecule has 0 spiro atoms. The number of likely N-dealkylation sites (tertiary alicyclic amines) is 1. The average molecular weight is 246 g/mol. The van der Waals surface area contributed by atoms with E-state index in [0.29, 0.717) is 13.1 Å². The lowest BCUT2D eigenvalue weighted by Gasteiger charge is -2.32. The predicted octanol–water partition coefficient (Wildman–Crippen LogP) is -0.712. The average Bonchev–Trinajstić information content (AvgIpc) is 2.65. The van der Waals surface area contributed by atoms with E-state index in [0.717, 1.165) is 25.7 Å². The van der Waals surface area contributed by atoms with Crippen LogP contribution < -0.4 is 5.32 Å². The van der Waals surface area contributed by atoms with Gasteiger partial charge in [0.2, 0.25) is 0 Å². The fourth-order valence-corrected chi connectivity index (χ4v) is 1.85. The van der Waals surface area contributed by atoms with Crippen molar-refractivity contribution in [3.05, 3.63) is 0 Å². The van der Waals surface area contributed by atoms with Crippen LogP contribution in [0.1, 0.15) is 25.7 Å². The summed E-state index contributed by atoms with van der Waals surface area (Å²) < 4.78 is 0. The number of nitrogens with one attached hydrogen (secondary N) is 1. The van der Waals surface area contributed by atoms with Gasteiger partial charge in [0.15, 0.2) is 0 Å². The first-order chi connectivity index (χ1) is 8.17. The summed E-state index contributed by atoms with van der Waals surface area (Å²) in [6.45, 7) is -0.0901. The lowest BCUT2D eigenvalue weighted by atomic mass is 10.0. The summed E-state index contributed by atoms with van der Waals surface area (Å²) in [6.07, 6.45) is 4.18. The highest BCUT2D eigenvalue weighted by Gasteiger charge is 2.31. The molecule has 6 nitrogen and oxygen atoms in total. The van der Waals surface area contributed by atoms with E-state index in [1.807, 2.05) is 0 Å². The molecule has 17 heavy (non-hydrogen) atoms. The quantitative estimate of drug-likeness (QED) is 0.527. The first-order valence-electron chi connectivity index (χ1n) is 6.07. The Morgan fingerprint density at radius 1 is 1.00 bits per heavy atom. The zero-order chi connectivity index (χ0) is 12.7. The molecule has 2 amide bonds. The molecule has 0 aromatic carbocycles. The first-order valence-corrected chi connectivity index (χ1v) is 6.07. The van der Waals surface area contributed by atoms with E-state index in [1.54, 1.807) is 4.90 Å². The van der Waals surface area contributed by atoms with Gasteiger partial charge in [0, 0.05) is 13.1 Å². The third kappa shape index (κ3) is 3.83. The number of urea groups is 1. The topological polar surface area (TPSA) is 93.0 Å². The zero-order valence-corrected chi connectivity index (χ0v) is 10.1.